The maximum atomic E-state index is 4.66. The van der Waals surface area contributed by atoms with E-state index in [1.807, 2.05) is 13.1 Å². The Bertz CT molecular complexity index is 700. The SMILES string of the molecule is CNc1cccc(CN(Cc2ccccc2)Cc2ccccc2)n1. The third kappa shape index (κ3) is 4.67. The quantitative estimate of drug-likeness (QED) is 0.703. The van der Waals surface area contributed by atoms with Crippen molar-refractivity contribution in [1.29, 1.82) is 0 Å². The van der Waals surface area contributed by atoms with Crippen LogP contribution in [0.25, 0.3) is 0 Å². The van der Waals surface area contributed by atoms with Crippen LogP contribution in [0.5, 0.6) is 0 Å². The molecule has 3 aromatic rings. The third-order valence-electron chi connectivity index (χ3n) is 3.95. The van der Waals surface area contributed by atoms with Crippen molar-refractivity contribution in [3.05, 3.63) is 95.7 Å². The number of nitrogens with zero attached hydrogens (tertiary/aromatic N) is 2. The van der Waals surface area contributed by atoms with Crippen molar-refractivity contribution in [2.24, 2.45) is 0 Å². The molecule has 2 aromatic carbocycles. The maximum Gasteiger partial charge on any atom is 0.126 e. The van der Waals surface area contributed by atoms with Gasteiger partial charge >= 0.3 is 0 Å². The minimum Gasteiger partial charge on any atom is -0.373 e. The van der Waals surface area contributed by atoms with Crippen LogP contribution in [-0.4, -0.2) is 16.9 Å². The minimum atomic E-state index is 0.819. The molecule has 0 aliphatic heterocycles. The summed E-state index contributed by atoms with van der Waals surface area (Å²) in [5.74, 6) is 0.909. The number of hydrogen-bond acceptors (Lipinski definition) is 3. The van der Waals surface area contributed by atoms with Gasteiger partial charge in [-0.15, -0.1) is 0 Å². The lowest BCUT2D eigenvalue weighted by Crippen LogP contribution is -2.23. The summed E-state index contributed by atoms with van der Waals surface area (Å²) in [5, 5.41) is 3.11. The molecule has 122 valence electrons. The molecule has 0 amide bonds. The van der Waals surface area contributed by atoms with Gasteiger partial charge in [0.2, 0.25) is 0 Å². The summed E-state index contributed by atoms with van der Waals surface area (Å²) >= 11 is 0. The van der Waals surface area contributed by atoms with Crippen LogP contribution < -0.4 is 5.32 Å². The predicted octanol–water partition coefficient (Wildman–Crippen LogP) is 4.33. The summed E-state index contributed by atoms with van der Waals surface area (Å²) < 4.78 is 0. The number of hydrogen-bond donors (Lipinski definition) is 1. The van der Waals surface area contributed by atoms with Gasteiger partial charge in [0.1, 0.15) is 5.82 Å². The molecule has 0 unspecified atom stereocenters. The fourth-order valence-corrected chi connectivity index (χ4v) is 2.79. The van der Waals surface area contributed by atoms with Gasteiger partial charge in [0.25, 0.3) is 0 Å². The number of benzene rings is 2. The molecule has 0 saturated heterocycles. The Morgan fingerprint density at radius 2 is 1.29 bits per heavy atom. The van der Waals surface area contributed by atoms with E-state index in [2.05, 4.69) is 88.0 Å². The molecule has 1 heterocycles. The second-order valence-electron chi connectivity index (χ2n) is 5.88. The molecule has 24 heavy (non-hydrogen) atoms. The largest absolute Gasteiger partial charge is 0.373 e. The third-order valence-corrected chi connectivity index (χ3v) is 3.95. The molecule has 0 atom stereocenters. The van der Waals surface area contributed by atoms with Gasteiger partial charge in [-0.1, -0.05) is 66.7 Å². The van der Waals surface area contributed by atoms with Crippen molar-refractivity contribution < 1.29 is 0 Å². The van der Waals surface area contributed by atoms with Gasteiger partial charge in [-0.2, -0.15) is 0 Å². The summed E-state index contributed by atoms with van der Waals surface area (Å²) in [6, 6.07) is 27.3. The molecular weight excluding hydrogens is 294 g/mol. The van der Waals surface area contributed by atoms with Gasteiger partial charge in [0.15, 0.2) is 0 Å². The first kappa shape index (κ1) is 16.2. The first-order chi connectivity index (χ1) is 11.8. The van der Waals surface area contributed by atoms with Crippen molar-refractivity contribution >= 4 is 5.82 Å². The highest BCUT2D eigenvalue weighted by atomic mass is 15.1. The molecular formula is C21H23N3. The van der Waals surface area contributed by atoms with E-state index in [9.17, 15) is 0 Å². The van der Waals surface area contributed by atoms with Gasteiger partial charge in [0, 0.05) is 26.7 Å². The molecule has 3 rings (SSSR count). The molecule has 0 bridgehead atoms. The molecule has 0 aliphatic rings. The Labute approximate surface area is 144 Å². The number of aromatic nitrogens is 1. The molecule has 0 saturated carbocycles. The summed E-state index contributed by atoms with van der Waals surface area (Å²) in [5.41, 5.74) is 3.71. The molecule has 1 N–H and O–H groups in total. The van der Waals surface area contributed by atoms with Crippen LogP contribution >= 0.6 is 0 Å². The Morgan fingerprint density at radius 3 is 1.83 bits per heavy atom. The van der Waals surface area contributed by atoms with E-state index in [-0.39, 0.29) is 0 Å². The molecule has 0 aliphatic carbocycles. The van der Waals surface area contributed by atoms with Crippen molar-refractivity contribution in [2.75, 3.05) is 12.4 Å². The molecule has 3 nitrogen and oxygen atoms in total. The molecule has 3 heteroatoms. The number of anilines is 1. The van der Waals surface area contributed by atoms with Gasteiger partial charge in [0.05, 0.1) is 5.69 Å². The smallest absolute Gasteiger partial charge is 0.126 e. The van der Waals surface area contributed by atoms with Gasteiger partial charge in [-0.3, -0.25) is 4.90 Å². The Kier molecular flexibility index (Phi) is 5.59. The lowest BCUT2D eigenvalue weighted by Gasteiger charge is -2.22. The minimum absolute atomic E-state index is 0.819. The fourth-order valence-electron chi connectivity index (χ4n) is 2.79. The van der Waals surface area contributed by atoms with Gasteiger partial charge in [-0.25, -0.2) is 4.98 Å². The normalized spacial score (nSPS) is 10.8. The Hall–Kier alpha value is -2.65. The van der Waals surface area contributed by atoms with Crippen LogP contribution in [0.4, 0.5) is 5.82 Å². The fraction of sp³-hybridized carbons (Fsp3) is 0.190. The number of rotatable bonds is 7. The highest BCUT2D eigenvalue weighted by Crippen LogP contribution is 2.14. The van der Waals surface area contributed by atoms with E-state index < -0.39 is 0 Å². The molecule has 0 fully saturated rings. The first-order valence-electron chi connectivity index (χ1n) is 8.27. The second-order valence-corrected chi connectivity index (χ2v) is 5.88. The monoisotopic (exact) mass is 317 g/mol. The standard InChI is InChI=1S/C21H23N3/c1-22-21-14-8-13-20(23-21)17-24(15-18-9-4-2-5-10-18)16-19-11-6-3-7-12-19/h2-14H,15-17H2,1H3,(H,22,23). The van der Waals surface area contributed by atoms with Crippen LogP contribution in [0.1, 0.15) is 16.8 Å². The van der Waals surface area contributed by atoms with Crippen LogP contribution in [-0.2, 0) is 19.6 Å². The molecule has 1 aromatic heterocycles. The van der Waals surface area contributed by atoms with E-state index in [1.165, 1.54) is 11.1 Å². The van der Waals surface area contributed by atoms with Gasteiger partial charge < -0.3 is 5.32 Å². The zero-order chi connectivity index (χ0) is 16.6. The van der Waals surface area contributed by atoms with E-state index in [0.29, 0.717) is 0 Å². The highest BCUT2D eigenvalue weighted by Gasteiger charge is 2.09. The van der Waals surface area contributed by atoms with E-state index in [1.54, 1.807) is 0 Å². The molecule has 0 radical (unpaired) electrons. The van der Waals surface area contributed by atoms with Crippen molar-refractivity contribution in [3.63, 3.8) is 0 Å². The zero-order valence-corrected chi connectivity index (χ0v) is 14.0. The van der Waals surface area contributed by atoms with Crippen LogP contribution in [0.3, 0.4) is 0 Å². The predicted molar refractivity (Wildman–Crippen MR) is 99.6 cm³/mol. The lowest BCUT2D eigenvalue weighted by atomic mass is 10.1. The van der Waals surface area contributed by atoms with Crippen molar-refractivity contribution in [1.82, 2.24) is 9.88 Å². The van der Waals surface area contributed by atoms with Gasteiger partial charge in [-0.05, 0) is 23.3 Å². The lowest BCUT2D eigenvalue weighted by molar-refractivity contribution is 0.245. The number of pyridine rings is 1. The Morgan fingerprint density at radius 1 is 0.708 bits per heavy atom. The van der Waals surface area contributed by atoms with Crippen molar-refractivity contribution in [2.45, 2.75) is 19.6 Å². The summed E-state index contributed by atoms with van der Waals surface area (Å²) in [7, 11) is 1.90. The second kappa shape index (κ2) is 8.27. The topological polar surface area (TPSA) is 28.2 Å². The average Bonchev–Trinajstić information content (AvgIpc) is 2.63. The van der Waals surface area contributed by atoms with E-state index in [0.717, 1.165) is 31.1 Å². The summed E-state index contributed by atoms with van der Waals surface area (Å²) in [6.07, 6.45) is 0. The van der Waals surface area contributed by atoms with Crippen LogP contribution in [0.15, 0.2) is 78.9 Å². The average molecular weight is 317 g/mol. The van der Waals surface area contributed by atoms with Crippen molar-refractivity contribution in [3.8, 4) is 0 Å². The highest BCUT2D eigenvalue weighted by molar-refractivity contribution is 5.34. The maximum absolute atomic E-state index is 4.66. The first-order valence-corrected chi connectivity index (χ1v) is 8.27. The Balaban J connectivity index is 1.78. The van der Waals surface area contributed by atoms with Crippen LogP contribution in [0.2, 0.25) is 0 Å². The number of nitrogens with one attached hydrogen (secondary N) is 1. The summed E-state index contributed by atoms with van der Waals surface area (Å²) in [4.78, 5) is 7.08. The molecule has 0 spiro atoms. The van der Waals surface area contributed by atoms with Crippen LogP contribution in [0, 0.1) is 0 Å². The zero-order valence-electron chi connectivity index (χ0n) is 14.0. The summed E-state index contributed by atoms with van der Waals surface area (Å²) in [6.45, 7) is 2.63. The van der Waals surface area contributed by atoms with E-state index >= 15 is 0 Å². The van der Waals surface area contributed by atoms with E-state index in [4.69, 9.17) is 0 Å².